The number of hydrogen-bond acceptors (Lipinski definition) is 4. The molecular weight excluding hydrogens is 318 g/mol. The summed E-state index contributed by atoms with van der Waals surface area (Å²) in [6.07, 6.45) is 2.79. The molecule has 0 aliphatic rings. The standard InChI is InChI=1S/C18H23N5O2/c1-5-17(24)23(4)15-10-8-14(9-11-15)18(25)19-12-6-7-16-21-20-13(2)22(16)3/h5,8-11H,1,6-7,12H2,2-4H3,(H,19,25). The highest BCUT2D eigenvalue weighted by molar-refractivity contribution is 6.01. The molecular formula is C18H23N5O2. The summed E-state index contributed by atoms with van der Waals surface area (Å²) in [5.74, 6) is 1.44. The van der Waals surface area contributed by atoms with Crippen LogP contribution in [-0.4, -0.2) is 40.2 Å². The fourth-order valence-corrected chi connectivity index (χ4v) is 2.32. The zero-order valence-corrected chi connectivity index (χ0v) is 14.8. The summed E-state index contributed by atoms with van der Waals surface area (Å²) in [5.41, 5.74) is 1.26. The SMILES string of the molecule is C=CC(=O)N(C)c1ccc(C(=O)NCCCc2nnc(C)n2C)cc1. The van der Waals surface area contributed by atoms with E-state index in [2.05, 4.69) is 22.1 Å². The van der Waals surface area contributed by atoms with Crippen LogP contribution in [0.5, 0.6) is 0 Å². The molecule has 7 heteroatoms. The van der Waals surface area contributed by atoms with E-state index in [1.54, 1.807) is 31.3 Å². The Morgan fingerprint density at radius 1 is 1.28 bits per heavy atom. The summed E-state index contributed by atoms with van der Waals surface area (Å²) in [7, 11) is 3.59. The number of hydrogen-bond donors (Lipinski definition) is 1. The molecule has 0 bridgehead atoms. The highest BCUT2D eigenvalue weighted by Gasteiger charge is 2.10. The van der Waals surface area contributed by atoms with E-state index < -0.39 is 0 Å². The third-order valence-corrected chi connectivity index (χ3v) is 4.07. The van der Waals surface area contributed by atoms with Crippen molar-refractivity contribution in [1.82, 2.24) is 20.1 Å². The van der Waals surface area contributed by atoms with E-state index in [9.17, 15) is 9.59 Å². The number of likely N-dealkylation sites (N-methyl/N-ethyl adjacent to an activating group) is 1. The molecule has 2 amide bonds. The Hall–Kier alpha value is -2.96. The number of nitrogens with zero attached hydrogens (tertiary/aromatic N) is 4. The van der Waals surface area contributed by atoms with Gasteiger partial charge in [-0.05, 0) is 43.7 Å². The topological polar surface area (TPSA) is 80.1 Å². The second kappa shape index (κ2) is 8.23. The van der Waals surface area contributed by atoms with E-state index in [0.29, 0.717) is 17.8 Å². The first-order valence-corrected chi connectivity index (χ1v) is 8.07. The Morgan fingerprint density at radius 2 is 1.96 bits per heavy atom. The fraction of sp³-hybridized carbons (Fsp3) is 0.333. The number of nitrogens with one attached hydrogen (secondary N) is 1. The van der Waals surface area contributed by atoms with Crippen molar-refractivity contribution < 1.29 is 9.59 Å². The minimum Gasteiger partial charge on any atom is -0.352 e. The van der Waals surface area contributed by atoms with Gasteiger partial charge >= 0.3 is 0 Å². The van der Waals surface area contributed by atoms with Crippen molar-refractivity contribution in [3.63, 3.8) is 0 Å². The van der Waals surface area contributed by atoms with Crippen molar-refractivity contribution in [1.29, 1.82) is 0 Å². The molecule has 0 unspecified atom stereocenters. The van der Waals surface area contributed by atoms with Gasteiger partial charge in [0.05, 0.1) is 0 Å². The molecule has 0 radical (unpaired) electrons. The number of carbonyl (C=O) groups is 2. The lowest BCUT2D eigenvalue weighted by Gasteiger charge is -2.15. The fourth-order valence-electron chi connectivity index (χ4n) is 2.32. The monoisotopic (exact) mass is 341 g/mol. The largest absolute Gasteiger partial charge is 0.352 e. The van der Waals surface area contributed by atoms with Gasteiger partial charge in [0.25, 0.3) is 5.91 Å². The van der Waals surface area contributed by atoms with Gasteiger partial charge in [-0.25, -0.2) is 0 Å². The summed E-state index contributed by atoms with van der Waals surface area (Å²) in [4.78, 5) is 25.2. The van der Waals surface area contributed by atoms with Gasteiger partial charge in [0.1, 0.15) is 11.6 Å². The summed E-state index contributed by atoms with van der Waals surface area (Å²) >= 11 is 0. The maximum Gasteiger partial charge on any atom is 0.251 e. The van der Waals surface area contributed by atoms with Crippen molar-refractivity contribution in [2.75, 3.05) is 18.5 Å². The summed E-state index contributed by atoms with van der Waals surface area (Å²) in [6.45, 7) is 5.92. The van der Waals surface area contributed by atoms with Crippen LogP contribution in [0.1, 0.15) is 28.4 Å². The van der Waals surface area contributed by atoms with Crippen LogP contribution in [0, 0.1) is 6.92 Å². The van der Waals surface area contributed by atoms with Crippen LogP contribution in [0.4, 0.5) is 5.69 Å². The maximum absolute atomic E-state index is 12.2. The van der Waals surface area contributed by atoms with Crippen LogP contribution < -0.4 is 10.2 Å². The molecule has 132 valence electrons. The highest BCUT2D eigenvalue weighted by Crippen LogP contribution is 2.14. The minimum atomic E-state index is -0.198. The zero-order chi connectivity index (χ0) is 18.4. The predicted molar refractivity (Wildman–Crippen MR) is 96.4 cm³/mol. The average molecular weight is 341 g/mol. The van der Waals surface area contributed by atoms with Gasteiger partial charge in [-0.1, -0.05) is 6.58 Å². The van der Waals surface area contributed by atoms with Crippen molar-refractivity contribution in [2.45, 2.75) is 19.8 Å². The Balaban J connectivity index is 1.83. The number of anilines is 1. The molecule has 0 aliphatic carbocycles. The van der Waals surface area contributed by atoms with Crippen molar-refractivity contribution >= 4 is 17.5 Å². The molecule has 0 saturated carbocycles. The van der Waals surface area contributed by atoms with Crippen molar-refractivity contribution in [3.05, 3.63) is 54.1 Å². The van der Waals surface area contributed by atoms with Crippen LogP contribution in [0.2, 0.25) is 0 Å². The number of rotatable bonds is 7. The molecule has 0 aliphatic heterocycles. The van der Waals surface area contributed by atoms with Crippen LogP contribution in [0.25, 0.3) is 0 Å². The Labute approximate surface area is 147 Å². The predicted octanol–water partition coefficient (Wildman–Crippen LogP) is 1.63. The van der Waals surface area contributed by atoms with Crippen LogP contribution in [0.15, 0.2) is 36.9 Å². The number of carbonyl (C=O) groups excluding carboxylic acids is 2. The second-order valence-corrected chi connectivity index (χ2v) is 5.73. The molecule has 0 spiro atoms. The molecule has 0 fully saturated rings. The summed E-state index contributed by atoms with van der Waals surface area (Å²) < 4.78 is 1.95. The molecule has 25 heavy (non-hydrogen) atoms. The molecule has 7 nitrogen and oxygen atoms in total. The normalized spacial score (nSPS) is 10.4. The Morgan fingerprint density at radius 3 is 2.52 bits per heavy atom. The van der Waals surface area contributed by atoms with Gasteiger partial charge in [-0.2, -0.15) is 0 Å². The zero-order valence-electron chi connectivity index (χ0n) is 14.8. The number of amides is 2. The molecule has 0 atom stereocenters. The first-order valence-electron chi connectivity index (χ1n) is 8.07. The first kappa shape index (κ1) is 18.4. The van der Waals surface area contributed by atoms with E-state index in [1.807, 2.05) is 18.5 Å². The van der Waals surface area contributed by atoms with Crippen LogP contribution in [0.3, 0.4) is 0 Å². The molecule has 2 aromatic rings. The number of aromatic nitrogens is 3. The van der Waals surface area contributed by atoms with Gasteiger partial charge in [0.15, 0.2) is 0 Å². The van der Waals surface area contributed by atoms with Gasteiger partial charge < -0.3 is 14.8 Å². The lowest BCUT2D eigenvalue weighted by molar-refractivity contribution is -0.113. The third kappa shape index (κ3) is 4.53. The smallest absolute Gasteiger partial charge is 0.251 e. The Kier molecular flexibility index (Phi) is 6.05. The van der Waals surface area contributed by atoms with E-state index >= 15 is 0 Å². The van der Waals surface area contributed by atoms with Crippen LogP contribution >= 0.6 is 0 Å². The molecule has 1 N–H and O–H groups in total. The third-order valence-electron chi connectivity index (χ3n) is 4.07. The molecule has 1 aromatic carbocycles. The Bertz CT molecular complexity index is 764. The second-order valence-electron chi connectivity index (χ2n) is 5.73. The van der Waals surface area contributed by atoms with E-state index in [0.717, 1.165) is 24.5 Å². The van der Waals surface area contributed by atoms with Gasteiger partial charge in [0.2, 0.25) is 5.91 Å². The molecule has 1 heterocycles. The average Bonchev–Trinajstić information content (AvgIpc) is 2.96. The van der Waals surface area contributed by atoms with E-state index in [-0.39, 0.29) is 11.8 Å². The molecule has 0 saturated heterocycles. The quantitative estimate of drug-likeness (QED) is 0.613. The summed E-state index contributed by atoms with van der Waals surface area (Å²) in [6, 6.07) is 6.87. The number of benzene rings is 1. The van der Waals surface area contributed by atoms with Gasteiger partial charge in [-0.15, -0.1) is 10.2 Å². The highest BCUT2D eigenvalue weighted by atomic mass is 16.2. The van der Waals surface area contributed by atoms with Gasteiger partial charge in [-0.3, -0.25) is 9.59 Å². The van der Waals surface area contributed by atoms with Crippen molar-refractivity contribution in [3.8, 4) is 0 Å². The first-order chi connectivity index (χ1) is 11.9. The van der Waals surface area contributed by atoms with E-state index in [1.165, 1.54) is 11.0 Å². The molecule has 1 aromatic heterocycles. The van der Waals surface area contributed by atoms with Crippen LogP contribution in [-0.2, 0) is 18.3 Å². The molecule has 2 rings (SSSR count). The summed E-state index contributed by atoms with van der Waals surface area (Å²) in [5, 5.41) is 11.0. The number of aryl methyl sites for hydroxylation is 2. The van der Waals surface area contributed by atoms with E-state index in [4.69, 9.17) is 0 Å². The lowest BCUT2D eigenvalue weighted by atomic mass is 10.1. The maximum atomic E-state index is 12.2. The minimum absolute atomic E-state index is 0.140. The van der Waals surface area contributed by atoms with Crippen molar-refractivity contribution in [2.24, 2.45) is 7.05 Å². The van der Waals surface area contributed by atoms with Gasteiger partial charge in [0, 0.05) is 38.3 Å². The lowest BCUT2D eigenvalue weighted by Crippen LogP contribution is -2.26.